The Balaban J connectivity index is 1.89. The van der Waals surface area contributed by atoms with Gasteiger partial charge in [-0.05, 0) is 55.3 Å². The minimum absolute atomic E-state index is 0.562. The molecule has 0 atom stereocenters. The number of rotatable bonds is 3. The topological polar surface area (TPSA) is 41.6 Å². The third kappa shape index (κ3) is 2.48. The second-order valence-corrected chi connectivity index (χ2v) is 6.24. The molecule has 0 spiro atoms. The average molecular weight is 285 g/mol. The smallest absolute Gasteiger partial charge is 0.147 e. The van der Waals surface area contributed by atoms with Crippen molar-refractivity contribution in [3.05, 3.63) is 53.4 Å². The minimum Gasteiger partial charge on any atom is -0.401 e. The molecule has 0 radical (unpaired) electrons. The molecule has 1 aromatic rings. The van der Waals surface area contributed by atoms with Crippen molar-refractivity contribution in [1.29, 1.82) is 0 Å². The highest BCUT2D eigenvalue weighted by atomic mass is 32.2. The van der Waals surface area contributed by atoms with Crippen molar-refractivity contribution in [1.82, 2.24) is 4.31 Å². The molecule has 0 aromatic heterocycles. The fraction of sp³-hybridized carbons (Fsp3) is 0.312. The molecule has 2 N–H and O–H groups in total. The Morgan fingerprint density at radius 2 is 2.00 bits per heavy atom. The zero-order valence-corrected chi connectivity index (χ0v) is 12.7. The molecule has 1 saturated carbocycles. The van der Waals surface area contributed by atoms with Crippen LogP contribution in [0.3, 0.4) is 0 Å². The van der Waals surface area contributed by atoms with E-state index in [9.17, 15) is 0 Å². The van der Waals surface area contributed by atoms with Gasteiger partial charge in [0, 0.05) is 29.4 Å². The summed E-state index contributed by atoms with van der Waals surface area (Å²) in [6.07, 6.45) is 4.56. The van der Waals surface area contributed by atoms with Gasteiger partial charge < -0.3 is 5.73 Å². The molecule has 0 bridgehead atoms. The van der Waals surface area contributed by atoms with Gasteiger partial charge in [-0.1, -0.05) is 18.2 Å². The molecule has 1 aromatic carbocycles. The first-order valence-corrected chi connectivity index (χ1v) is 7.66. The summed E-state index contributed by atoms with van der Waals surface area (Å²) < 4.78 is 2.12. The molecule has 1 aliphatic heterocycles. The van der Waals surface area contributed by atoms with E-state index < -0.39 is 0 Å². The number of benzene rings is 1. The van der Waals surface area contributed by atoms with Gasteiger partial charge in [-0.15, -0.1) is 0 Å². The van der Waals surface area contributed by atoms with E-state index in [2.05, 4.69) is 34.6 Å². The van der Waals surface area contributed by atoms with Crippen LogP contribution in [0, 0.1) is 5.92 Å². The van der Waals surface area contributed by atoms with Crippen LogP contribution in [0.1, 0.15) is 19.8 Å². The van der Waals surface area contributed by atoms with Crippen LogP contribution >= 0.6 is 11.9 Å². The molecular weight excluding hydrogens is 266 g/mol. The van der Waals surface area contributed by atoms with Gasteiger partial charge in [0.05, 0.1) is 0 Å². The van der Waals surface area contributed by atoms with E-state index in [-0.39, 0.29) is 0 Å². The van der Waals surface area contributed by atoms with Crippen LogP contribution < -0.4 is 5.73 Å². The number of amidine groups is 1. The summed E-state index contributed by atoms with van der Waals surface area (Å²) in [5, 5.41) is 0. The normalized spacial score (nSPS) is 23.2. The monoisotopic (exact) mass is 285 g/mol. The first kappa shape index (κ1) is 13.3. The molecule has 0 unspecified atom stereocenters. The number of aliphatic imine (C=N–C) groups is 1. The molecule has 2 aliphatic rings. The van der Waals surface area contributed by atoms with Crippen LogP contribution in [-0.4, -0.2) is 17.2 Å². The van der Waals surface area contributed by atoms with E-state index in [1.807, 2.05) is 25.2 Å². The molecule has 1 heterocycles. The molecular formula is C16H19N3S. The van der Waals surface area contributed by atoms with Crippen molar-refractivity contribution in [2.45, 2.75) is 24.7 Å². The lowest BCUT2D eigenvalue weighted by molar-refractivity contribution is 0.930. The molecule has 104 valence electrons. The van der Waals surface area contributed by atoms with E-state index in [0.29, 0.717) is 5.92 Å². The Labute approximate surface area is 124 Å². The van der Waals surface area contributed by atoms with Crippen LogP contribution in [0.5, 0.6) is 0 Å². The lowest BCUT2D eigenvalue weighted by Crippen LogP contribution is -2.19. The van der Waals surface area contributed by atoms with Crippen LogP contribution in [-0.2, 0) is 0 Å². The summed E-state index contributed by atoms with van der Waals surface area (Å²) in [6, 6.07) is 10.3. The molecule has 1 aliphatic carbocycles. The van der Waals surface area contributed by atoms with Gasteiger partial charge >= 0.3 is 0 Å². The van der Waals surface area contributed by atoms with E-state index in [1.165, 1.54) is 23.3 Å². The Morgan fingerprint density at radius 1 is 1.30 bits per heavy atom. The first-order valence-electron chi connectivity index (χ1n) is 6.88. The summed E-state index contributed by atoms with van der Waals surface area (Å²) in [7, 11) is 1.83. The first-order chi connectivity index (χ1) is 9.70. The standard InChI is InChI=1S/C16H19N3S/c1-11-10-19(20-13-6-4-3-5-7-13)16(18-2)14(11)15(17)12-8-9-12/h3-7,10,12H,8-9,17H2,1-2H3/b15-14-,18-16+. The fourth-order valence-electron chi connectivity index (χ4n) is 2.42. The number of allylic oxidation sites excluding steroid dienone is 1. The Kier molecular flexibility index (Phi) is 3.57. The van der Waals surface area contributed by atoms with Crippen molar-refractivity contribution in [2.24, 2.45) is 16.6 Å². The van der Waals surface area contributed by atoms with Gasteiger partial charge in [0.15, 0.2) is 0 Å². The van der Waals surface area contributed by atoms with Crippen LogP contribution in [0.2, 0.25) is 0 Å². The van der Waals surface area contributed by atoms with Crippen molar-refractivity contribution < 1.29 is 0 Å². The molecule has 3 nitrogen and oxygen atoms in total. The van der Waals surface area contributed by atoms with Crippen LogP contribution in [0.15, 0.2) is 63.3 Å². The Bertz CT molecular complexity index is 597. The average Bonchev–Trinajstić information content (AvgIpc) is 3.24. The van der Waals surface area contributed by atoms with Gasteiger partial charge in [0.1, 0.15) is 5.84 Å². The molecule has 1 fully saturated rings. The van der Waals surface area contributed by atoms with Crippen molar-refractivity contribution in [2.75, 3.05) is 7.05 Å². The molecule has 4 heteroatoms. The summed E-state index contributed by atoms with van der Waals surface area (Å²) in [5.74, 6) is 1.53. The highest BCUT2D eigenvalue weighted by molar-refractivity contribution is 7.97. The zero-order chi connectivity index (χ0) is 14.1. The summed E-state index contributed by atoms with van der Waals surface area (Å²) in [4.78, 5) is 5.66. The van der Waals surface area contributed by atoms with E-state index in [4.69, 9.17) is 5.73 Å². The Morgan fingerprint density at radius 3 is 2.60 bits per heavy atom. The molecule has 3 rings (SSSR count). The third-order valence-corrected chi connectivity index (χ3v) is 4.56. The summed E-state index contributed by atoms with van der Waals surface area (Å²) in [6.45, 7) is 2.11. The second kappa shape index (κ2) is 5.37. The molecule has 20 heavy (non-hydrogen) atoms. The van der Waals surface area contributed by atoms with E-state index >= 15 is 0 Å². The Hall–Kier alpha value is -1.68. The third-order valence-electron chi connectivity index (χ3n) is 3.60. The predicted molar refractivity (Wildman–Crippen MR) is 85.2 cm³/mol. The summed E-state index contributed by atoms with van der Waals surface area (Å²) in [5.41, 5.74) is 9.67. The van der Waals surface area contributed by atoms with Crippen LogP contribution in [0.4, 0.5) is 0 Å². The number of nitrogens with two attached hydrogens (primary N) is 1. The van der Waals surface area contributed by atoms with E-state index in [1.54, 1.807) is 11.9 Å². The summed E-state index contributed by atoms with van der Waals surface area (Å²) >= 11 is 1.68. The van der Waals surface area contributed by atoms with Crippen LogP contribution in [0.25, 0.3) is 0 Å². The van der Waals surface area contributed by atoms with Crippen molar-refractivity contribution >= 4 is 17.8 Å². The maximum Gasteiger partial charge on any atom is 0.147 e. The minimum atomic E-state index is 0.562. The zero-order valence-electron chi connectivity index (χ0n) is 11.8. The van der Waals surface area contributed by atoms with Gasteiger partial charge in [0.25, 0.3) is 0 Å². The SMILES string of the molecule is C/N=C1\C(=C(/N)C2CC2)C(C)=CN1Sc1ccccc1. The lowest BCUT2D eigenvalue weighted by Gasteiger charge is -2.17. The van der Waals surface area contributed by atoms with Crippen molar-refractivity contribution in [3.63, 3.8) is 0 Å². The number of hydrogen-bond acceptors (Lipinski definition) is 3. The van der Waals surface area contributed by atoms with Crippen molar-refractivity contribution in [3.8, 4) is 0 Å². The largest absolute Gasteiger partial charge is 0.401 e. The van der Waals surface area contributed by atoms with Gasteiger partial charge in [-0.25, -0.2) is 0 Å². The fourth-order valence-corrected chi connectivity index (χ4v) is 3.39. The maximum atomic E-state index is 6.32. The second-order valence-electron chi connectivity index (χ2n) is 5.19. The highest BCUT2D eigenvalue weighted by Crippen LogP contribution is 2.40. The van der Waals surface area contributed by atoms with E-state index in [0.717, 1.165) is 17.1 Å². The number of nitrogens with zero attached hydrogens (tertiary/aromatic N) is 2. The van der Waals surface area contributed by atoms with Gasteiger partial charge in [-0.2, -0.15) is 0 Å². The van der Waals surface area contributed by atoms with Gasteiger partial charge in [-0.3, -0.25) is 9.30 Å². The molecule has 0 amide bonds. The highest BCUT2D eigenvalue weighted by Gasteiger charge is 2.33. The lowest BCUT2D eigenvalue weighted by atomic mass is 10.1. The molecule has 0 saturated heterocycles. The predicted octanol–water partition coefficient (Wildman–Crippen LogP) is 3.56. The van der Waals surface area contributed by atoms with Gasteiger partial charge in [0.2, 0.25) is 0 Å². The maximum absolute atomic E-state index is 6.32. The number of hydrogen-bond donors (Lipinski definition) is 1. The quantitative estimate of drug-likeness (QED) is 0.863.